The fraction of sp³-hybridized carbons (Fsp3) is 0.667. The minimum atomic E-state index is -0.830. The maximum Gasteiger partial charge on any atom is 0.325 e. The number of ether oxygens (including phenoxy) is 1. The molecule has 3 atom stereocenters. The molecule has 164 valence electrons. The number of amides is 4. The number of carbonyl (C=O) groups excluding carboxylic acids is 3. The Labute approximate surface area is 180 Å². The molecule has 1 aromatic heterocycles. The third-order valence-electron chi connectivity index (χ3n) is 6.65. The van der Waals surface area contributed by atoms with Gasteiger partial charge in [-0.15, -0.1) is 11.3 Å². The third kappa shape index (κ3) is 4.10. The fourth-order valence-corrected chi connectivity index (χ4v) is 5.69. The number of hydrogen-bond acceptors (Lipinski definition) is 6. The van der Waals surface area contributed by atoms with Gasteiger partial charge in [0.25, 0.3) is 5.91 Å². The Balaban J connectivity index is 1.38. The van der Waals surface area contributed by atoms with Crippen molar-refractivity contribution >= 4 is 29.2 Å². The van der Waals surface area contributed by atoms with Crippen molar-refractivity contribution in [3.63, 3.8) is 0 Å². The summed E-state index contributed by atoms with van der Waals surface area (Å²) in [6.45, 7) is 5.19. The molecule has 2 aliphatic heterocycles. The Morgan fingerprint density at radius 3 is 2.87 bits per heavy atom. The van der Waals surface area contributed by atoms with Crippen LogP contribution in [0.4, 0.5) is 4.79 Å². The van der Waals surface area contributed by atoms with Crippen LogP contribution in [0.2, 0.25) is 0 Å². The number of hydrogen-bond donors (Lipinski definition) is 2. The van der Waals surface area contributed by atoms with Crippen LogP contribution in [-0.4, -0.2) is 72.6 Å². The van der Waals surface area contributed by atoms with Crippen molar-refractivity contribution in [3.8, 4) is 0 Å². The van der Waals surface area contributed by atoms with E-state index in [-0.39, 0.29) is 30.3 Å². The number of urea groups is 1. The molecule has 9 heteroatoms. The number of thiophene rings is 1. The van der Waals surface area contributed by atoms with Crippen LogP contribution in [0, 0.1) is 5.92 Å². The quantitative estimate of drug-likeness (QED) is 0.666. The Morgan fingerprint density at radius 1 is 1.37 bits per heavy atom. The zero-order valence-corrected chi connectivity index (χ0v) is 18.2. The van der Waals surface area contributed by atoms with E-state index in [0.29, 0.717) is 26.2 Å². The van der Waals surface area contributed by atoms with Crippen molar-refractivity contribution in [1.29, 1.82) is 0 Å². The second-order valence-corrected chi connectivity index (χ2v) is 9.40. The molecular weight excluding hydrogens is 404 g/mol. The molecule has 0 bridgehead atoms. The Hall–Kier alpha value is -1.97. The van der Waals surface area contributed by atoms with Gasteiger partial charge in [0.1, 0.15) is 12.1 Å². The molecule has 30 heavy (non-hydrogen) atoms. The van der Waals surface area contributed by atoms with E-state index < -0.39 is 11.6 Å². The maximum absolute atomic E-state index is 13.1. The number of morpholine rings is 1. The first-order chi connectivity index (χ1) is 14.5. The number of imide groups is 1. The minimum absolute atomic E-state index is 0.0608. The van der Waals surface area contributed by atoms with Crippen molar-refractivity contribution in [2.24, 2.45) is 5.92 Å². The van der Waals surface area contributed by atoms with E-state index in [9.17, 15) is 14.4 Å². The molecule has 1 spiro atoms. The van der Waals surface area contributed by atoms with Crippen molar-refractivity contribution in [2.75, 3.05) is 39.4 Å². The first kappa shape index (κ1) is 21.3. The molecule has 0 radical (unpaired) electrons. The lowest BCUT2D eigenvalue weighted by molar-refractivity contribution is -0.137. The molecule has 3 aliphatic rings. The van der Waals surface area contributed by atoms with Gasteiger partial charge >= 0.3 is 6.03 Å². The predicted molar refractivity (Wildman–Crippen MR) is 113 cm³/mol. The SMILES string of the molecule is C[C@@H]1CCCC[C@@]12NC(=O)N(CC(=O)NC[C@@H](c1cccs1)N1CCOCC1)C2=O. The van der Waals surface area contributed by atoms with Gasteiger partial charge in [-0.05, 0) is 30.2 Å². The van der Waals surface area contributed by atoms with E-state index in [4.69, 9.17) is 4.74 Å². The number of rotatable bonds is 6. The van der Waals surface area contributed by atoms with Crippen molar-refractivity contribution < 1.29 is 19.1 Å². The van der Waals surface area contributed by atoms with Crippen molar-refractivity contribution in [2.45, 2.75) is 44.2 Å². The highest BCUT2D eigenvalue weighted by molar-refractivity contribution is 7.10. The monoisotopic (exact) mass is 434 g/mol. The average molecular weight is 435 g/mol. The van der Waals surface area contributed by atoms with Crippen molar-refractivity contribution in [3.05, 3.63) is 22.4 Å². The summed E-state index contributed by atoms with van der Waals surface area (Å²) in [4.78, 5) is 42.8. The van der Waals surface area contributed by atoms with Gasteiger partial charge in [0.15, 0.2) is 0 Å². The standard InChI is InChI=1S/C21H30N4O4S/c1-15-5-2-3-7-21(15)19(27)25(20(28)23-21)14-18(26)22-13-16(17-6-4-12-30-17)24-8-10-29-11-9-24/h4,6,12,15-16H,2-3,5,7-11,13-14H2,1H3,(H,22,26)(H,23,28)/t15-,16+,21-/m1/s1. The van der Waals surface area contributed by atoms with Crippen LogP contribution in [0.1, 0.15) is 43.5 Å². The van der Waals surface area contributed by atoms with Crippen LogP contribution in [0.25, 0.3) is 0 Å². The number of nitrogens with one attached hydrogen (secondary N) is 2. The highest BCUT2D eigenvalue weighted by Gasteiger charge is 2.55. The molecule has 2 N–H and O–H groups in total. The molecule has 1 aromatic rings. The average Bonchev–Trinajstić information content (AvgIpc) is 3.35. The van der Waals surface area contributed by atoms with Crippen LogP contribution in [0.15, 0.2) is 17.5 Å². The first-order valence-corrected chi connectivity index (χ1v) is 11.7. The summed E-state index contributed by atoms with van der Waals surface area (Å²) >= 11 is 1.66. The molecule has 1 saturated carbocycles. The van der Waals surface area contributed by atoms with Gasteiger partial charge in [0.2, 0.25) is 5.91 Å². The van der Waals surface area contributed by atoms with Gasteiger partial charge in [-0.2, -0.15) is 0 Å². The topological polar surface area (TPSA) is 91.0 Å². The Kier molecular flexibility index (Phi) is 6.40. The summed E-state index contributed by atoms with van der Waals surface area (Å²) in [6.07, 6.45) is 3.54. The fourth-order valence-electron chi connectivity index (χ4n) is 4.83. The normalized spacial score (nSPS) is 28.6. The first-order valence-electron chi connectivity index (χ1n) is 10.8. The number of nitrogens with zero attached hydrogens (tertiary/aromatic N) is 2. The summed E-state index contributed by atoms with van der Waals surface area (Å²) < 4.78 is 5.45. The predicted octanol–water partition coefficient (Wildman–Crippen LogP) is 1.74. The zero-order chi connectivity index (χ0) is 21.1. The van der Waals surface area contributed by atoms with Gasteiger partial charge in [-0.1, -0.05) is 25.8 Å². The van der Waals surface area contributed by atoms with Gasteiger partial charge in [-0.3, -0.25) is 19.4 Å². The van der Waals surface area contributed by atoms with E-state index in [2.05, 4.69) is 21.6 Å². The lowest BCUT2D eigenvalue weighted by Gasteiger charge is -2.36. The van der Waals surface area contributed by atoms with Crippen LogP contribution in [0.5, 0.6) is 0 Å². The summed E-state index contributed by atoms with van der Waals surface area (Å²) in [7, 11) is 0. The molecule has 3 fully saturated rings. The molecule has 4 rings (SSSR count). The van der Waals surface area contributed by atoms with Crippen molar-refractivity contribution in [1.82, 2.24) is 20.4 Å². The van der Waals surface area contributed by atoms with E-state index in [1.165, 1.54) is 4.88 Å². The Bertz CT molecular complexity index is 780. The minimum Gasteiger partial charge on any atom is -0.379 e. The third-order valence-corrected chi connectivity index (χ3v) is 7.63. The molecular formula is C21H30N4O4S. The molecule has 8 nitrogen and oxygen atoms in total. The molecule has 2 saturated heterocycles. The van der Waals surface area contributed by atoms with Gasteiger partial charge in [0.05, 0.1) is 19.3 Å². The van der Waals surface area contributed by atoms with E-state index in [0.717, 1.165) is 37.3 Å². The Morgan fingerprint density at radius 2 is 2.17 bits per heavy atom. The van der Waals surface area contributed by atoms with Crippen LogP contribution < -0.4 is 10.6 Å². The van der Waals surface area contributed by atoms with E-state index >= 15 is 0 Å². The molecule has 0 unspecified atom stereocenters. The molecule has 4 amide bonds. The van der Waals surface area contributed by atoms with E-state index in [1.54, 1.807) is 11.3 Å². The number of carbonyl (C=O) groups is 3. The molecule has 0 aromatic carbocycles. The second kappa shape index (κ2) is 9.03. The summed E-state index contributed by atoms with van der Waals surface area (Å²) in [5.41, 5.74) is -0.830. The zero-order valence-electron chi connectivity index (χ0n) is 17.4. The van der Waals surface area contributed by atoms with Gasteiger partial charge < -0.3 is 15.4 Å². The van der Waals surface area contributed by atoms with E-state index in [1.807, 2.05) is 18.4 Å². The summed E-state index contributed by atoms with van der Waals surface area (Å²) in [5, 5.41) is 7.88. The summed E-state index contributed by atoms with van der Waals surface area (Å²) in [6, 6.07) is 3.69. The molecule has 1 aliphatic carbocycles. The smallest absolute Gasteiger partial charge is 0.325 e. The lowest BCUT2D eigenvalue weighted by atomic mass is 9.73. The maximum atomic E-state index is 13.1. The lowest BCUT2D eigenvalue weighted by Crippen LogP contribution is -2.54. The van der Waals surface area contributed by atoms with Gasteiger partial charge in [-0.25, -0.2) is 4.79 Å². The highest BCUT2D eigenvalue weighted by Crippen LogP contribution is 2.38. The molecule has 3 heterocycles. The second-order valence-electron chi connectivity index (χ2n) is 8.42. The largest absolute Gasteiger partial charge is 0.379 e. The van der Waals surface area contributed by atoms with Gasteiger partial charge in [0, 0.05) is 24.5 Å². The van der Waals surface area contributed by atoms with Crippen LogP contribution >= 0.6 is 11.3 Å². The summed E-state index contributed by atoms with van der Waals surface area (Å²) in [5.74, 6) is -0.480. The van der Waals surface area contributed by atoms with Crippen LogP contribution in [0.3, 0.4) is 0 Å². The highest BCUT2D eigenvalue weighted by atomic mass is 32.1. The van der Waals surface area contributed by atoms with Crippen LogP contribution in [-0.2, 0) is 14.3 Å².